The summed E-state index contributed by atoms with van der Waals surface area (Å²) in [5.41, 5.74) is 0. The first-order valence-corrected chi connectivity index (χ1v) is 14.4. The molecule has 0 aliphatic carbocycles. The fourth-order valence-electron chi connectivity index (χ4n) is 3.13. The molecule has 18 heteroatoms. The maximum absolute atomic E-state index is 11.4. The van der Waals surface area contributed by atoms with Crippen molar-refractivity contribution in [2.75, 3.05) is 53.4 Å². The van der Waals surface area contributed by atoms with Crippen molar-refractivity contribution in [2.45, 2.75) is 65.5 Å². The van der Waals surface area contributed by atoms with E-state index in [0.29, 0.717) is 38.0 Å². The summed E-state index contributed by atoms with van der Waals surface area (Å²) in [6, 6.07) is 0.742. The molecule has 2 heterocycles. The molecule has 2 fully saturated rings. The van der Waals surface area contributed by atoms with Gasteiger partial charge in [0.05, 0.1) is 62.0 Å². The number of carbonyl (C=O) groups excluding carboxylic acids is 8. The summed E-state index contributed by atoms with van der Waals surface area (Å²) < 4.78 is 0. The predicted molar refractivity (Wildman–Crippen MR) is 153 cm³/mol. The third-order valence-electron chi connectivity index (χ3n) is 6.28. The Balaban J connectivity index is -0.000000570. The van der Waals surface area contributed by atoms with Gasteiger partial charge in [0.25, 0.3) is 0 Å². The van der Waals surface area contributed by atoms with Crippen LogP contribution in [0.1, 0.15) is 53.4 Å². The summed E-state index contributed by atoms with van der Waals surface area (Å²) in [6.45, 7) is 13.2. The number of carbonyl (C=O) groups is 8. The first-order chi connectivity index (χ1) is 22.2. The van der Waals surface area contributed by atoms with Crippen LogP contribution in [0.4, 0.5) is 0 Å². The molecule has 0 aromatic rings. The molecule has 0 aromatic heterocycles. The van der Waals surface area contributed by atoms with E-state index < -0.39 is 35.8 Å². The van der Waals surface area contributed by atoms with Crippen LogP contribution in [0.2, 0.25) is 0 Å². The third-order valence-corrected chi connectivity index (χ3v) is 6.28. The summed E-state index contributed by atoms with van der Waals surface area (Å²) in [5, 5.41) is 53.6. The maximum Gasteiger partial charge on any atom is 0.223 e. The molecule has 2 atom stereocenters. The van der Waals surface area contributed by atoms with Gasteiger partial charge in [-0.2, -0.15) is 0 Å². The Hall–Kier alpha value is -5.20. The highest BCUT2D eigenvalue weighted by Gasteiger charge is 2.26. The van der Waals surface area contributed by atoms with Crippen LogP contribution >= 0.6 is 0 Å². The Kier molecular flexibility index (Phi) is 26.5. The van der Waals surface area contributed by atoms with E-state index in [4.69, 9.17) is 59.4 Å². The van der Waals surface area contributed by atoms with Crippen molar-refractivity contribution in [3.63, 3.8) is 0 Å². The summed E-state index contributed by atoms with van der Waals surface area (Å²) in [4.78, 5) is 84.4. The molecule has 2 amide bonds. The van der Waals surface area contributed by atoms with E-state index in [2.05, 4.69) is 61.2 Å². The van der Waals surface area contributed by atoms with Crippen LogP contribution in [-0.2, 0) is 38.4 Å². The van der Waals surface area contributed by atoms with Gasteiger partial charge >= 0.3 is 0 Å². The normalized spacial score (nSPS) is 15.7. The van der Waals surface area contributed by atoms with E-state index in [1.165, 1.54) is 0 Å². The second-order valence-corrected chi connectivity index (χ2v) is 9.91. The van der Waals surface area contributed by atoms with E-state index in [9.17, 15) is 9.59 Å². The smallest absolute Gasteiger partial charge is 0.223 e. The first kappa shape index (κ1) is 47.2. The zero-order chi connectivity index (χ0) is 38.0. The molecule has 2 aliphatic heterocycles. The number of carboxylic acid groups (broad SMARTS) is 6. The Morgan fingerprint density at radius 1 is 0.583 bits per heavy atom. The number of hydrogen-bond acceptors (Lipinski definition) is 16. The largest absolute Gasteiger partial charge is 0.543 e. The third kappa shape index (κ3) is 25.0. The van der Waals surface area contributed by atoms with E-state index in [-0.39, 0.29) is 11.8 Å². The van der Waals surface area contributed by atoms with Crippen molar-refractivity contribution in [2.24, 2.45) is 0 Å². The lowest BCUT2D eigenvalue weighted by Crippen LogP contribution is -2.42. The molecule has 2 aliphatic rings. The van der Waals surface area contributed by atoms with Crippen LogP contribution in [-0.4, -0.2) is 133 Å². The van der Waals surface area contributed by atoms with Crippen molar-refractivity contribution in [1.82, 2.24) is 19.6 Å². The molecule has 0 saturated carbocycles. The van der Waals surface area contributed by atoms with Gasteiger partial charge < -0.3 is 69.2 Å². The fraction of sp³-hybridized carbons (Fsp3) is 0.600. The standard InChI is InChI=1S/2C12H20N2O.3C2H2O4/c2*1-4-13(3)9-5-6-10-14-11(2)7-8-12(14)15;3*3-1(4)2(5)6/h2*11H,4,7-10H2,1-3H3;3*(H,3,4)(H,5,6)/p-6. The molecule has 270 valence electrons. The lowest BCUT2D eigenvalue weighted by Gasteiger charge is -2.18. The van der Waals surface area contributed by atoms with E-state index >= 15 is 0 Å². The quantitative estimate of drug-likeness (QED) is 0.186. The van der Waals surface area contributed by atoms with Crippen molar-refractivity contribution < 1.29 is 69.0 Å². The van der Waals surface area contributed by atoms with Gasteiger partial charge in [-0.25, -0.2) is 0 Å². The molecule has 2 unspecified atom stereocenters. The molecular weight excluding hydrogens is 640 g/mol. The lowest BCUT2D eigenvalue weighted by atomic mass is 10.2. The number of rotatable bonds is 6. The van der Waals surface area contributed by atoms with E-state index in [1.54, 1.807) is 0 Å². The average molecular weight is 681 g/mol. The highest BCUT2D eigenvalue weighted by atomic mass is 16.5. The number of aliphatic carboxylic acids is 6. The topological polar surface area (TPSA) is 288 Å². The zero-order valence-electron chi connectivity index (χ0n) is 27.7. The van der Waals surface area contributed by atoms with E-state index in [0.717, 1.165) is 39.0 Å². The van der Waals surface area contributed by atoms with Crippen LogP contribution in [0.5, 0.6) is 0 Å². The Bertz CT molecular complexity index is 1080. The molecule has 0 aromatic carbocycles. The summed E-state index contributed by atoms with van der Waals surface area (Å²) >= 11 is 0. The summed E-state index contributed by atoms with van der Waals surface area (Å²) in [6.07, 6.45) is 3.35. The molecule has 0 radical (unpaired) electrons. The number of carboxylic acids is 6. The zero-order valence-corrected chi connectivity index (χ0v) is 27.7. The van der Waals surface area contributed by atoms with Crippen LogP contribution in [0.25, 0.3) is 0 Å². The second-order valence-electron chi connectivity index (χ2n) is 9.91. The molecule has 2 rings (SSSR count). The van der Waals surface area contributed by atoms with Crippen molar-refractivity contribution in [1.29, 1.82) is 0 Å². The monoisotopic (exact) mass is 680 g/mol. The van der Waals surface area contributed by atoms with Crippen LogP contribution < -0.4 is 30.6 Å². The highest BCUT2D eigenvalue weighted by molar-refractivity contribution is 6.25. The fourth-order valence-corrected chi connectivity index (χ4v) is 3.13. The second kappa shape index (κ2) is 27.0. The molecule has 48 heavy (non-hydrogen) atoms. The predicted octanol–water partition coefficient (Wildman–Crippen LogP) is -8.64. The van der Waals surface area contributed by atoms with Gasteiger partial charge in [-0.3, -0.25) is 19.4 Å². The molecule has 2 saturated heterocycles. The lowest BCUT2D eigenvalue weighted by molar-refractivity contribution is -0.345. The maximum atomic E-state index is 11.4. The van der Waals surface area contributed by atoms with Crippen LogP contribution in [0.3, 0.4) is 0 Å². The Labute approximate surface area is 278 Å². The minimum atomic E-state index is -2.19. The average Bonchev–Trinajstić information content (AvgIpc) is 3.52. The van der Waals surface area contributed by atoms with Crippen LogP contribution in [0.15, 0.2) is 0 Å². The van der Waals surface area contributed by atoms with Gasteiger partial charge in [0.15, 0.2) is 0 Å². The van der Waals surface area contributed by atoms with Gasteiger partial charge in [-0.05, 0) is 53.9 Å². The minimum Gasteiger partial charge on any atom is -0.543 e. The highest BCUT2D eigenvalue weighted by Crippen LogP contribution is 2.17. The van der Waals surface area contributed by atoms with Gasteiger partial charge in [0, 0.05) is 24.9 Å². The Morgan fingerprint density at radius 2 is 0.833 bits per heavy atom. The van der Waals surface area contributed by atoms with Gasteiger partial charge in [0.2, 0.25) is 11.8 Å². The van der Waals surface area contributed by atoms with Crippen molar-refractivity contribution in [3.05, 3.63) is 0 Å². The van der Waals surface area contributed by atoms with Crippen molar-refractivity contribution >= 4 is 47.6 Å². The number of nitrogens with zero attached hydrogens (tertiary/aromatic N) is 4. The Morgan fingerprint density at radius 3 is 1.00 bits per heavy atom. The summed E-state index contributed by atoms with van der Waals surface area (Å²) in [7, 11) is 4.08. The minimum absolute atomic E-state index is 0.251. The number of likely N-dealkylation sites (tertiary alicyclic amines) is 2. The van der Waals surface area contributed by atoms with Gasteiger partial charge in [-0.15, -0.1) is 0 Å². The molecular formula is C30H40N4O14-6. The SMILES string of the molecule is CCN(C)CC#CCN1C(=O)CCC1C.CCN(C)CC#CCN1C(=O)CCC1C.O=C([O-])C(=O)[O-].O=C([O-])C(=O)[O-].O=C([O-])C(=O)[O-]. The number of hydrogen-bond donors (Lipinski definition) is 0. The molecule has 18 nitrogen and oxygen atoms in total. The molecule has 0 N–H and O–H groups in total. The molecule has 0 spiro atoms. The van der Waals surface area contributed by atoms with Gasteiger partial charge in [0.1, 0.15) is 0 Å². The van der Waals surface area contributed by atoms with E-state index in [1.807, 2.05) is 23.9 Å². The van der Waals surface area contributed by atoms with Crippen molar-refractivity contribution in [3.8, 4) is 23.7 Å². The first-order valence-electron chi connectivity index (χ1n) is 14.4. The summed E-state index contributed by atoms with van der Waals surface area (Å²) in [5.74, 6) is -0.304. The van der Waals surface area contributed by atoms with Gasteiger partial charge in [-0.1, -0.05) is 37.5 Å². The molecule has 0 bridgehead atoms. The number of amides is 2. The van der Waals surface area contributed by atoms with Crippen LogP contribution in [0, 0.1) is 23.7 Å².